The lowest BCUT2D eigenvalue weighted by Crippen LogP contribution is -2.35. The lowest BCUT2D eigenvalue weighted by molar-refractivity contribution is 0.0941. The van der Waals surface area contributed by atoms with Crippen molar-refractivity contribution < 1.29 is 4.79 Å². The summed E-state index contributed by atoms with van der Waals surface area (Å²) in [5.74, 6) is 1.06. The van der Waals surface area contributed by atoms with Gasteiger partial charge in [0.2, 0.25) is 0 Å². The molecule has 3 aromatic rings. The number of carbonyl (C=O) groups excluding carboxylic acids is 1. The van der Waals surface area contributed by atoms with Crippen LogP contribution in [0.15, 0.2) is 40.9 Å². The summed E-state index contributed by atoms with van der Waals surface area (Å²) in [6.07, 6.45) is 7.19. The predicted molar refractivity (Wildman–Crippen MR) is 99.1 cm³/mol. The summed E-state index contributed by atoms with van der Waals surface area (Å²) in [4.78, 5) is 36.7. The van der Waals surface area contributed by atoms with Crippen molar-refractivity contribution in [3.05, 3.63) is 57.8 Å². The first-order valence-electron chi connectivity index (χ1n) is 8.45. The molecule has 26 heavy (non-hydrogen) atoms. The molecule has 0 aromatic carbocycles. The maximum Gasteiger partial charge on any atom is 0.264 e. The summed E-state index contributed by atoms with van der Waals surface area (Å²) >= 11 is 1.48. The average molecular weight is 369 g/mol. The Hall–Kier alpha value is -2.74. The van der Waals surface area contributed by atoms with Crippen molar-refractivity contribution in [1.29, 1.82) is 0 Å². The van der Waals surface area contributed by atoms with Crippen molar-refractivity contribution in [3.8, 4) is 10.7 Å². The summed E-state index contributed by atoms with van der Waals surface area (Å²) in [6.45, 7) is 3.33. The van der Waals surface area contributed by atoms with Gasteiger partial charge in [0, 0.05) is 37.1 Å². The summed E-state index contributed by atoms with van der Waals surface area (Å²) in [7, 11) is 0. The first-order valence-corrected chi connectivity index (χ1v) is 9.33. The number of hydrogen-bond acceptors (Lipinski definition) is 5. The molecular formula is C18H19N5O2S. The summed E-state index contributed by atoms with van der Waals surface area (Å²) in [5, 5.41) is 4.81. The summed E-state index contributed by atoms with van der Waals surface area (Å²) in [5.41, 5.74) is -0.325. The van der Waals surface area contributed by atoms with E-state index in [1.165, 1.54) is 17.5 Å². The van der Waals surface area contributed by atoms with Crippen LogP contribution >= 0.6 is 11.3 Å². The third kappa shape index (κ3) is 3.32. The summed E-state index contributed by atoms with van der Waals surface area (Å²) < 4.78 is 2.10. The van der Waals surface area contributed by atoms with E-state index in [2.05, 4.69) is 24.8 Å². The molecule has 0 spiro atoms. The number of thiophene rings is 1. The van der Waals surface area contributed by atoms with Gasteiger partial charge >= 0.3 is 0 Å². The fourth-order valence-electron chi connectivity index (χ4n) is 2.96. The van der Waals surface area contributed by atoms with Crippen LogP contribution in [0.3, 0.4) is 0 Å². The third-order valence-electron chi connectivity index (χ3n) is 4.81. The molecule has 1 fully saturated rings. The monoisotopic (exact) mass is 369 g/mol. The number of amides is 1. The number of rotatable bonds is 6. The zero-order chi connectivity index (χ0) is 18.1. The molecular weight excluding hydrogens is 350 g/mol. The lowest BCUT2D eigenvalue weighted by Gasteiger charge is -2.17. The molecule has 3 aromatic heterocycles. The Labute approximate surface area is 154 Å². The highest BCUT2D eigenvalue weighted by molar-refractivity contribution is 7.13. The first kappa shape index (κ1) is 16.7. The number of aromatic nitrogens is 4. The van der Waals surface area contributed by atoms with E-state index >= 15 is 0 Å². The lowest BCUT2D eigenvalue weighted by atomic mass is 10.1. The Bertz CT molecular complexity index is 985. The molecule has 4 rings (SSSR count). The third-order valence-corrected chi connectivity index (χ3v) is 5.69. The highest BCUT2D eigenvalue weighted by Gasteiger charge is 2.43. The predicted octanol–water partition coefficient (Wildman–Crippen LogP) is 2.21. The Morgan fingerprint density at radius 2 is 2.27 bits per heavy atom. The van der Waals surface area contributed by atoms with Crippen molar-refractivity contribution >= 4 is 17.2 Å². The minimum absolute atomic E-state index is 0.0416. The van der Waals surface area contributed by atoms with Crippen LogP contribution in [-0.4, -0.2) is 32.0 Å². The normalized spacial score (nSPS) is 15.0. The topological polar surface area (TPSA) is 92.7 Å². The maximum atomic E-state index is 12.4. The van der Waals surface area contributed by atoms with Crippen LogP contribution in [0.2, 0.25) is 0 Å². The van der Waals surface area contributed by atoms with Gasteiger partial charge < -0.3 is 14.9 Å². The maximum absolute atomic E-state index is 12.4. The van der Waals surface area contributed by atoms with Gasteiger partial charge in [-0.15, -0.1) is 11.3 Å². The largest absolute Gasteiger partial charge is 0.351 e. The van der Waals surface area contributed by atoms with Gasteiger partial charge in [-0.3, -0.25) is 9.59 Å². The van der Waals surface area contributed by atoms with Crippen LogP contribution in [-0.2, 0) is 6.54 Å². The van der Waals surface area contributed by atoms with E-state index < -0.39 is 5.56 Å². The van der Waals surface area contributed by atoms with E-state index in [4.69, 9.17) is 0 Å². The quantitative estimate of drug-likeness (QED) is 0.697. The van der Waals surface area contributed by atoms with Crippen LogP contribution in [0.5, 0.6) is 0 Å². The van der Waals surface area contributed by atoms with Crippen LogP contribution in [0.1, 0.15) is 29.0 Å². The van der Waals surface area contributed by atoms with Crippen molar-refractivity contribution in [1.82, 2.24) is 24.8 Å². The van der Waals surface area contributed by atoms with Crippen LogP contribution in [0.4, 0.5) is 0 Å². The molecule has 0 unspecified atom stereocenters. The van der Waals surface area contributed by atoms with Gasteiger partial charge in [0.05, 0.1) is 4.88 Å². The molecule has 134 valence electrons. The van der Waals surface area contributed by atoms with E-state index in [9.17, 15) is 9.59 Å². The molecule has 0 atom stereocenters. The SMILES string of the molecule is Cc1nccn1CC1(CNC(=O)c2cnc(-c3cccs3)[nH]c2=O)CC1. The van der Waals surface area contributed by atoms with E-state index in [0.29, 0.717) is 12.4 Å². The Morgan fingerprint density at radius 3 is 2.88 bits per heavy atom. The number of nitrogens with one attached hydrogen (secondary N) is 2. The van der Waals surface area contributed by atoms with E-state index in [1.807, 2.05) is 30.6 Å². The standard InChI is InChI=1S/C18H19N5O2S/c1-12-19-6-7-23(12)11-18(4-5-18)10-21-16(24)13-9-20-15(22-17(13)25)14-3-2-8-26-14/h2-3,6-9H,4-5,10-11H2,1H3,(H,21,24)(H,20,22,25). The van der Waals surface area contributed by atoms with Crippen molar-refractivity contribution in [2.24, 2.45) is 5.41 Å². The second-order valence-corrected chi connectivity index (χ2v) is 7.68. The molecule has 8 heteroatoms. The highest BCUT2D eigenvalue weighted by atomic mass is 32.1. The zero-order valence-corrected chi connectivity index (χ0v) is 15.2. The molecule has 0 saturated heterocycles. The summed E-state index contributed by atoms with van der Waals surface area (Å²) in [6, 6.07) is 3.76. The molecule has 1 amide bonds. The minimum Gasteiger partial charge on any atom is -0.351 e. The van der Waals surface area contributed by atoms with E-state index in [0.717, 1.165) is 30.1 Å². The number of carbonyl (C=O) groups is 1. The van der Waals surface area contributed by atoms with Crippen molar-refractivity contribution in [3.63, 3.8) is 0 Å². The Morgan fingerprint density at radius 1 is 1.42 bits per heavy atom. The van der Waals surface area contributed by atoms with Gasteiger partial charge in [-0.05, 0) is 31.2 Å². The second-order valence-electron chi connectivity index (χ2n) is 6.74. The number of H-pyrrole nitrogens is 1. The molecule has 0 aliphatic heterocycles. The van der Waals surface area contributed by atoms with Gasteiger partial charge in [0.25, 0.3) is 11.5 Å². The molecule has 0 bridgehead atoms. The van der Waals surface area contributed by atoms with Gasteiger partial charge in [0.1, 0.15) is 17.2 Å². The Balaban J connectivity index is 1.42. The van der Waals surface area contributed by atoms with Crippen LogP contribution < -0.4 is 10.9 Å². The van der Waals surface area contributed by atoms with Crippen LogP contribution in [0, 0.1) is 12.3 Å². The highest BCUT2D eigenvalue weighted by Crippen LogP contribution is 2.46. The van der Waals surface area contributed by atoms with E-state index in [-0.39, 0.29) is 16.9 Å². The van der Waals surface area contributed by atoms with Crippen molar-refractivity contribution in [2.75, 3.05) is 6.54 Å². The minimum atomic E-state index is -0.420. The van der Waals surface area contributed by atoms with Gasteiger partial charge in [0.15, 0.2) is 0 Å². The second kappa shape index (κ2) is 6.53. The molecule has 1 aliphatic rings. The van der Waals surface area contributed by atoms with Gasteiger partial charge in [-0.2, -0.15) is 0 Å². The van der Waals surface area contributed by atoms with Crippen LogP contribution in [0.25, 0.3) is 10.7 Å². The van der Waals surface area contributed by atoms with Gasteiger partial charge in [-0.1, -0.05) is 6.07 Å². The number of aromatic amines is 1. The number of aryl methyl sites for hydroxylation is 1. The van der Waals surface area contributed by atoms with Crippen molar-refractivity contribution in [2.45, 2.75) is 26.3 Å². The Kier molecular flexibility index (Phi) is 4.20. The number of nitrogens with zero attached hydrogens (tertiary/aromatic N) is 3. The molecule has 1 aliphatic carbocycles. The fourth-order valence-corrected chi connectivity index (χ4v) is 3.63. The van der Waals surface area contributed by atoms with Gasteiger partial charge in [-0.25, -0.2) is 9.97 Å². The molecule has 0 radical (unpaired) electrons. The number of hydrogen-bond donors (Lipinski definition) is 2. The molecule has 1 saturated carbocycles. The fraction of sp³-hybridized carbons (Fsp3) is 0.333. The molecule has 3 heterocycles. The first-order chi connectivity index (χ1) is 12.6. The zero-order valence-electron chi connectivity index (χ0n) is 14.4. The molecule has 2 N–H and O–H groups in total. The smallest absolute Gasteiger partial charge is 0.264 e. The molecule has 7 nitrogen and oxygen atoms in total. The number of imidazole rings is 1. The van der Waals surface area contributed by atoms with E-state index in [1.54, 1.807) is 6.20 Å². The average Bonchev–Trinajstić information content (AvgIpc) is 3.00.